The van der Waals surface area contributed by atoms with Gasteiger partial charge in [-0.2, -0.15) is 0 Å². The van der Waals surface area contributed by atoms with Crippen molar-refractivity contribution < 1.29 is 9.59 Å². The Labute approximate surface area is 120 Å². The summed E-state index contributed by atoms with van der Waals surface area (Å²) in [5.41, 5.74) is 0. The van der Waals surface area contributed by atoms with E-state index in [1.807, 2.05) is 4.90 Å². The van der Waals surface area contributed by atoms with Gasteiger partial charge in [0.25, 0.3) is 0 Å². The summed E-state index contributed by atoms with van der Waals surface area (Å²) in [7, 11) is 4.22. The van der Waals surface area contributed by atoms with Gasteiger partial charge < -0.3 is 14.7 Å². The molecule has 0 unspecified atom stereocenters. The number of rotatable bonds is 4. The first kappa shape index (κ1) is 13.9. The van der Waals surface area contributed by atoms with Crippen molar-refractivity contribution >= 4 is 11.8 Å². The summed E-state index contributed by atoms with van der Waals surface area (Å²) in [6, 6.07) is 0.487. The van der Waals surface area contributed by atoms with E-state index < -0.39 is 0 Å². The Bertz CT molecular complexity index is 396. The van der Waals surface area contributed by atoms with Gasteiger partial charge in [0.15, 0.2) is 0 Å². The number of amides is 2. The second-order valence-electron chi connectivity index (χ2n) is 6.75. The molecule has 0 aromatic carbocycles. The maximum absolute atomic E-state index is 12.4. The Morgan fingerprint density at radius 1 is 1.30 bits per heavy atom. The number of hydrogen-bond donors (Lipinski definition) is 0. The third-order valence-corrected chi connectivity index (χ3v) is 5.07. The summed E-state index contributed by atoms with van der Waals surface area (Å²) in [4.78, 5) is 30.0. The molecule has 5 nitrogen and oxygen atoms in total. The highest BCUT2D eigenvalue weighted by molar-refractivity contribution is 5.86. The quantitative estimate of drug-likeness (QED) is 0.748. The van der Waals surface area contributed by atoms with Crippen molar-refractivity contribution in [2.45, 2.75) is 31.7 Å². The minimum absolute atomic E-state index is 0.134. The van der Waals surface area contributed by atoms with Crippen molar-refractivity contribution in [3.8, 4) is 0 Å². The Morgan fingerprint density at radius 3 is 2.60 bits per heavy atom. The molecule has 1 saturated carbocycles. The van der Waals surface area contributed by atoms with Crippen molar-refractivity contribution in [2.24, 2.45) is 11.8 Å². The van der Waals surface area contributed by atoms with E-state index in [9.17, 15) is 9.59 Å². The molecule has 3 rings (SSSR count). The smallest absolute Gasteiger partial charge is 0.242 e. The lowest BCUT2D eigenvalue weighted by Crippen LogP contribution is -2.41. The van der Waals surface area contributed by atoms with E-state index in [-0.39, 0.29) is 18.4 Å². The van der Waals surface area contributed by atoms with Crippen LogP contribution in [-0.4, -0.2) is 72.8 Å². The van der Waals surface area contributed by atoms with E-state index in [0.29, 0.717) is 18.4 Å². The third kappa shape index (κ3) is 2.68. The minimum Gasteiger partial charge on any atom is -0.339 e. The molecule has 3 aliphatic rings. The summed E-state index contributed by atoms with van der Waals surface area (Å²) in [6.07, 6.45) is 4.15. The average molecular weight is 279 g/mol. The predicted octanol–water partition coefficient (Wildman–Crippen LogP) is 0.407. The number of likely N-dealkylation sites (tertiary alicyclic amines) is 2. The molecular weight excluding hydrogens is 254 g/mol. The molecule has 2 heterocycles. The van der Waals surface area contributed by atoms with E-state index in [2.05, 4.69) is 19.0 Å². The van der Waals surface area contributed by atoms with Gasteiger partial charge in [0.05, 0.1) is 6.54 Å². The number of carbonyl (C=O) groups is 2. The number of carbonyl (C=O) groups excluding carboxylic acids is 2. The molecule has 112 valence electrons. The molecule has 2 saturated heterocycles. The topological polar surface area (TPSA) is 43.9 Å². The summed E-state index contributed by atoms with van der Waals surface area (Å²) in [5.74, 6) is 1.72. The molecule has 0 bridgehead atoms. The van der Waals surface area contributed by atoms with Crippen LogP contribution in [0.2, 0.25) is 0 Å². The minimum atomic E-state index is 0.134. The van der Waals surface area contributed by atoms with Crippen molar-refractivity contribution in [3.63, 3.8) is 0 Å². The third-order valence-electron chi connectivity index (χ3n) is 5.07. The van der Waals surface area contributed by atoms with Crippen LogP contribution in [0.3, 0.4) is 0 Å². The largest absolute Gasteiger partial charge is 0.339 e. The lowest BCUT2D eigenvalue weighted by atomic mass is 9.97. The Morgan fingerprint density at radius 2 is 2.05 bits per heavy atom. The lowest BCUT2D eigenvalue weighted by Gasteiger charge is -2.24. The maximum atomic E-state index is 12.4. The van der Waals surface area contributed by atoms with Crippen molar-refractivity contribution in [1.82, 2.24) is 14.7 Å². The van der Waals surface area contributed by atoms with E-state index in [0.717, 1.165) is 32.0 Å². The Kier molecular flexibility index (Phi) is 3.71. The van der Waals surface area contributed by atoms with Gasteiger partial charge in [0, 0.05) is 32.1 Å². The summed E-state index contributed by atoms with van der Waals surface area (Å²) in [6.45, 7) is 2.75. The van der Waals surface area contributed by atoms with Gasteiger partial charge in [0.1, 0.15) is 0 Å². The van der Waals surface area contributed by atoms with Crippen molar-refractivity contribution in [2.75, 3.05) is 40.3 Å². The highest BCUT2D eigenvalue weighted by Gasteiger charge is 2.44. The number of nitrogens with zero attached hydrogens (tertiary/aromatic N) is 3. The second kappa shape index (κ2) is 5.35. The Hall–Kier alpha value is -1.10. The van der Waals surface area contributed by atoms with Crippen LogP contribution in [-0.2, 0) is 9.59 Å². The summed E-state index contributed by atoms with van der Waals surface area (Å²) >= 11 is 0. The summed E-state index contributed by atoms with van der Waals surface area (Å²) in [5, 5.41) is 0. The molecule has 2 amide bonds. The van der Waals surface area contributed by atoms with Crippen molar-refractivity contribution in [1.29, 1.82) is 0 Å². The highest BCUT2D eigenvalue weighted by atomic mass is 16.2. The first-order valence-electron chi connectivity index (χ1n) is 7.78. The standard InChI is InChI=1S/C15H25N3O2/c1-16(2)13-9-18(8-12(13)11-5-6-11)15(20)10-17-7-3-4-14(17)19/h11-13H,3-10H2,1-2H3/t12-,13+/m1/s1. The SMILES string of the molecule is CN(C)[C@H]1CN(C(=O)CN2CCCC2=O)C[C@@H]1C1CC1. The molecule has 2 atom stereocenters. The van der Waals surface area contributed by atoms with E-state index in [1.54, 1.807) is 4.90 Å². The highest BCUT2D eigenvalue weighted by Crippen LogP contribution is 2.42. The normalized spacial score (nSPS) is 30.6. The molecule has 0 aromatic rings. The van der Waals surface area contributed by atoms with Crippen LogP contribution in [0.15, 0.2) is 0 Å². The van der Waals surface area contributed by atoms with E-state index in [1.165, 1.54) is 12.8 Å². The number of hydrogen-bond acceptors (Lipinski definition) is 3. The van der Waals surface area contributed by atoms with Gasteiger partial charge >= 0.3 is 0 Å². The molecule has 0 radical (unpaired) electrons. The maximum Gasteiger partial charge on any atom is 0.242 e. The van der Waals surface area contributed by atoms with Crippen LogP contribution >= 0.6 is 0 Å². The van der Waals surface area contributed by atoms with Crippen LogP contribution in [0.5, 0.6) is 0 Å². The van der Waals surface area contributed by atoms with Crippen LogP contribution in [0, 0.1) is 11.8 Å². The van der Waals surface area contributed by atoms with E-state index in [4.69, 9.17) is 0 Å². The van der Waals surface area contributed by atoms with Gasteiger partial charge in [-0.3, -0.25) is 9.59 Å². The molecule has 0 aromatic heterocycles. The molecule has 1 aliphatic carbocycles. The Balaban J connectivity index is 1.59. The van der Waals surface area contributed by atoms with Crippen LogP contribution in [0.25, 0.3) is 0 Å². The fraction of sp³-hybridized carbons (Fsp3) is 0.867. The zero-order valence-electron chi connectivity index (χ0n) is 12.5. The second-order valence-corrected chi connectivity index (χ2v) is 6.75. The zero-order valence-corrected chi connectivity index (χ0v) is 12.5. The van der Waals surface area contributed by atoms with E-state index >= 15 is 0 Å². The molecule has 0 spiro atoms. The lowest BCUT2D eigenvalue weighted by molar-refractivity contribution is -0.137. The van der Waals surface area contributed by atoms with Gasteiger partial charge in [0.2, 0.25) is 11.8 Å². The molecule has 5 heteroatoms. The first-order valence-corrected chi connectivity index (χ1v) is 7.78. The van der Waals surface area contributed by atoms with Crippen molar-refractivity contribution in [3.05, 3.63) is 0 Å². The van der Waals surface area contributed by atoms with Gasteiger partial charge in [-0.25, -0.2) is 0 Å². The van der Waals surface area contributed by atoms with Crippen LogP contribution < -0.4 is 0 Å². The average Bonchev–Trinajstić information content (AvgIpc) is 3.02. The fourth-order valence-electron chi connectivity index (χ4n) is 3.68. The fourth-order valence-corrected chi connectivity index (χ4v) is 3.68. The van der Waals surface area contributed by atoms with Gasteiger partial charge in [-0.05, 0) is 45.2 Å². The molecule has 0 N–H and O–H groups in total. The predicted molar refractivity (Wildman–Crippen MR) is 76.1 cm³/mol. The molecule has 2 aliphatic heterocycles. The molecule has 3 fully saturated rings. The van der Waals surface area contributed by atoms with Gasteiger partial charge in [-0.1, -0.05) is 0 Å². The molecular formula is C15H25N3O2. The zero-order chi connectivity index (χ0) is 14.3. The van der Waals surface area contributed by atoms with Gasteiger partial charge in [-0.15, -0.1) is 0 Å². The van der Waals surface area contributed by atoms with Crippen LogP contribution in [0.4, 0.5) is 0 Å². The van der Waals surface area contributed by atoms with Crippen LogP contribution in [0.1, 0.15) is 25.7 Å². The first-order chi connectivity index (χ1) is 9.56. The number of likely N-dealkylation sites (N-methyl/N-ethyl adjacent to an activating group) is 1. The summed E-state index contributed by atoms with van der Waals surface area (Å²) < 4.78 is 0. The monoisotopic (exact) mass is 279 g/mol. The molecule has 20 heavy (non-hydrogen) atoms.